The third-order valence-corrected chi connectivity index (χ3v) is 18.2. The summed E-state index contributed by atoms with van der Waals surface area (Å²) in [5.74, 6) is -2.89. The Morgan fingerprint density at radius 2 is 0.896 bits per heavy atom. The number of amides is 2. The first kappa shape index (κ1) is 66.1. The van der Waals surface area contributed by atoms with Crippen molar-refractivity contribution in [2.24, 2.45) is 10.8 Å². The van der Waals surface area contributed by atoms with Crippen LogP contribution in [0.5, 0.6) is 0 Å². The molecule has 0 aromatic heterocycles. The average molecular weight is 1220 g/mol. The predicted molar refractivity (Wildman–Crippen MR) is 310 cm³/mol. The van der Waals surface area contributed by atoms with Gasteiger partial charge in [0, 0.05) is 52.6 Å². The Bertz CT molecular complexity index is 2720. The van der Waals surface area contributed by atoms with Crippen LogP contribution in [0.4, 0.5) is 11.4 Å². The molecule has 0 saturated heterocycles. The zero-order chi connectivity index (χ0) is 55.8. The number of anilines is 2. The van der Waals surface area contributed by atoms with Crippen LogP contribution in [0, 0.1) is 10.8 Å². The summed E-state index contributed by atoms with van der Waals surface area (Å²) in [6.07, 6.45) is 14.3. The van der Waals surface area contributed by atoms with Crippen LogP contribution in [0.25, 0.3) is 0 Å². The van der Waals surface area contributed by atoms with Gasteiger partial charge in [0.1, 0.15) is 25.7 Å². The maximum atomic E-state index is 12.6. The molecule has 2 aliphatic carbocycles. The van der Waals surface area contributed by atoms with Gasteiger partial charge in [-0.15, -0.1) is 0 Å². The number of aliphatic carboxylic acids is 2. The van der Waals surface area contributed by atoms with Gasteiger partial charge in [-0.3, -0.25) is 9.59 Å². The molecule has 4 aromatic carbocycles. The summed E-state index contributed by atoms with van der Waals surface area (Å²) in [6.45, 7) is 0. The molecule has 23 heteroatoms. The van der Waals surface area contributed by atoms with E-state index in [2.05, 4.69) is 21.3 Å². The van der Waals surface area contributed by atoms with E-state index >= 15 is 0 Å². The number of thiocarbonyl (C=S) groups is 2. The van der Waals surface area contributed by atoms with Crippen molar-refractivity contribution in [3.8, 4) is 0 Å². The zero-order valence-electron chi connectivity index (χ0n) is 43.2. The summed E-state index contributed by atoms with van der Waals surface area (Å²) >= 11 is 35.9. The number of carboxylic acids is 2. The number of sulfone groups is 2. The van der Waals surface area contributed by atoms with Crippen molar-refractivity contribution in [2.45, 2.75) is 115 Å². The Morgan fingerprint density at radius 3 is 1.21 bits per heavy atom. The van der Waals surface area contributed by atoms with E-state index in [0.717, 1.165) is 81.8 Å². The molecule has 2 atom stereocenters. The molecule has 2 unspecified atom stereocenters. The van der Waals surface area contributed by atoms with Crippen molar-refractivity contribution in [2.75, 3.05) is 34.7 Å². The molecule has 0 bridgehead atoms. The van der Waals surface area contributed by atoms with Crippen LogP contribution in [-0.2, 0) is 42.1 Å². The number of benzene rings is 4. The van der Waals surface area contributed by atoms with Crippen LogP contribution in [0.15, 0.2) is 84.9 Å². The summed E-state index contributed by atoms with van der Waals surface area (Å²) in [4.78, 5) is 50.3. The van der Waals surface area contributed by atoms with Gasteiger partial charge in [-0.1, -0.05) is 146 Å². The van der Waals surface area contributed by atoms with Crippen molar-refractivity contribution >= 4 is 136 Å². The van der Waals surface area contributed by atoms with E-state index < -0.39 is 55.5 Å². The molecule has 5 N–H and O–H groups in total. The van der Waals surface area contributed by atoms with Gasteiger partial charge in [0.15, 0.2) is 0 Å². The maximum Gasteiger partial charge on any atom is 1.00 e. The molecule has 2 aliphatic rings. The fraction of sp³-hybridized carbons (Fsp3) is 0.444. The summed E-state index contributed by atoms with van der Waals surface area (Å²) < 4.78 is 45.9. The van der Waals surface area contributed by atoms with E-state index in [1.54, 1.807) is 84.9 Å². The minimum atomic E-state index is -3.02. The van der Waals surface area contributed by atoms with Gasteiger partial charge < -0.3 is 36.3 Å². The van der Waals surface area contributed by atoms with Gasteiger partial charge in [0.05, 0.1) is 53.2 Å². The van der Waals surface area contributed by atoms with Gasteiger partial charge in [-0.2, -0.15) is 0 Å². The molecule has 77 heavy (non-hydrogen) atoms. The molecule has 0 spiro atoms. The SMILES string of the molecule is CS(=O)(=O)CCCCC1(C(=S)NC(Cc2ccc(NC(=O)c3c(Cl)cccc3Cl)cc2)C(=O)O)CCCC1.CS(=O)(=O)CCCCC1(C(=S)NC(Cc2ccc(NC(=O)c3c(Cl)cccc3Cl)cc2)C(=O)[O-])CCCC1.[Na+]. The fourth-order valence-corrected chi connectivity index (χ4v) is 13.2. The van der Waals surface area contributed by atoms with E-state index in [1.165, 1.54) is 12.5 Å². The molecule has 2 amide bonds. The molecule has 6 rings (SSSR count). The largest absolute Gasteiger partial charge is 1.00 e. The third kappa shape index (κ3) is 20.6. The van der Waals surface area contributed by atoms with E-state index in [0.29, 0.717) is 40.6 Å². The number of carboxylic acid groups (broad SMARTS) is 2. The third-order valence-electron chi connectivity index (χ3n) is 13.8. The Labute approximate surface area is 505 Å². The van der Waals surface area contributed by atoms with Crippen LogP contribution in [0.2, 0.25) is 20.1 Å². The van der Waals surface area contributed by atoms with Crippen molar-refractivity contribution in [1.82, 2.24) is 10.6 Å². The fourth-order valence-electron chi connectivity index (χ4n) is 9.69. The molecular formula is C54H63Cl4N4NaO10S4. The van der Waals surface area contributed by atoms with Gasteiger partial charge >= 0.3 is 35.5 Å². The van der Waals surface area contributed by atoms with Crippen LogP contribution >= 0.6 is 70.8 Å². The number of halogens is 4. The number of nitrogens with one attached hydrogen (secondary N) is 4. The van der Waals surface area contributed by atoms with E-state index in [9.17, 15) is 46.2 Å². The molecule has 0 heterocycles. The van der Waals surface area contributed by atoms with E-state index in [1.807, 2.05) is 0 Å². The van der Waals surface area contributed by atoms with Gasteiger partial charge in [-0.05, 0) is 117 Å². The minimum absolute atomic E-state index is 0. The first-order valence-electron chi connectivity index (χ1n) is 24.9. The average Bonchev–Trinajstić information content (AvgIpc) is 4.04. The van der Waals surface area contributed by atoms with Crippen LogP contribution in [-0.4, -0.2) is 91.8 Å². The first-order chi connectivity index (χ1) is 35.8. The van der Waals surface area contributed by atoms with Crippen molar-refractivity contribution in [3.05, 3.63) is 127 Å². The number of hydrogen-bond acceptors (Lipinski definition) is 11. The number of carbonyl (C=O) groups is 4. The topological polar surface area (TPSA) is 228 Å². The zero-order valence-corrected chi connectivity index (χ0v) is 51.5. The number of unbranched alkanes of at least 4 members (excludes halogenated alkanes) is 2. The molecule has 0 radical (unpaired) electrons. The Morgan fingerprint density at radius 1 is 0.571 bits per heavy atom. The predicted octanol–water partition coefficient (Wildman–Crippen LogP) is 7.54. The Kier molecular flexibility index (Phi) is 26.1. The first-order valence-corrected chi connectivity index (χ1v) is 31.3. The Balaban J connectivity index is 0.000000328. The second kappa shape index (κ2) is 30.4. The van der Waals surface area contributed by atoms with Crippen LogP contribution in [0.3, 0.4) is 0 Å². The van der Waals surface area contributed by atoms with Gasteiger partial charge in [0.25, 0.3) is 11.8 Å². The second-order valence-electron chi connectivity index (χ2n) is 19.8. The molecule has 14 nitrogen and oxygen atoms in total. The summed E-state index contributed by atoms with van der Waals surface area (Å²) in [5.41, 5.74) is 2.23. The monoisotopic (exact) mass is 1220 g/mol. The maximum absolute atomic E-state index is 12.6. The minimum Gasteiger partial charge on any atom is -0.548 e. The smallest absolute Gasteiger partial charge is 0.548 e. The normalized spacial score (nSPS) is 15.4. The summed E-state index contributed by atoms with van der Waals surface area (Å²) in [6, 6.07) is 21.3. The van der Waals surface area contributed by atoms with Gasteiger partial charge in [0.2, 0.25) is 0 Å². The quantitative estimate of drug-likeness (QED) is 0.0260. The van der Waals surface area contributed by atoms with E-state index in [4.69, 9.17) is 70.8 Å². The molecule has 412 valence electrons. The second-order valence-corrected chi connectivity index (χ2v) is 26.7. The van der Waals surface area contributed by atoms with Gasteiger partial charge in [-0.25, -0.2) is 21.6 Å². The number of rotatable bonds is 24. The van der Waals surface area contributed by atoms with Crippen LogP contribution < -0.4 is 55.9 Å². The molecular weight excluding hydrogens is 1160 g/mol. The van der Waals surface area contributed by atoms with Crippen molar-refractivity contribution < 1.29 is 75.8 Å². The van der Waals surface area contributed by atoms with Crippen molar-refractivity contribution in [3.63, 3.8) is 0 Å². The summed E-state index contributed by atoms with van der Waals surface area (Å²) in [5, 5.41) is 34.5. The standard InChI is InChI=1S/2C27H32Cl2N2O5S2.Na/c2*1-38(35,36)16-5-4-15-27(13-2-3-14-27)26(37)31-22(25(33)34)17-18-9-11-19(12-10-18)30-24(32)23-20(28)7-6-8-21(23)29;/h2*6-12,22H,2-5,13-17H2,1H3,(H,30,32)(H,31,37)(H,33,34);/q;;+1/p-1. The number of hydrogen-bond donors (Lipinski definition) is 5. The molecule has 0 aliphatic heterocycles. The number of carbonyl (C=O) groups excluding carboxylic acids is 3. The van der Waals surface area contributed by atoms with E-state index in [-0.39, 0.29) is 96.0 Å². The molecule has 2 saturated carbocycles. The van der Waals surface area contributed by atoms with Crippen molar-refractivity contribution in [1.29, 1.82) is 0 Å². The molecule has 2 fully saturated rings. The van der Waals surface area contributed by atoms with Crippen LogP contribution in [0.1, 0.15) is 122 Å². The molecule has 4 aromatic rings. The Hall–Kier alpha value is -3.40. The summed E-state index contributed by atoms with van der Waals surface area (Å²) in [7, 11) is -6.04.